The van der Waals surface area contributed by atoms with E-state index < -0.39 is 5.97 Å². The van der Waals surface area contributed by atoms with E-state index in [0.29, 0.717) is 25.1 Å². The van der Waals surface area contributed by atoms with Crippen LogP contribution >= 0.6 is 0 Å². The zero-order chi connectivity index (χ0) is 16.9. The molecule has 0 unspecified atom stereocenters. The number of carboxylic acid groups (broad SMARTS) is 1. The molecule has 1 amide bonds. The molecule has 0 bridgehead atoms. The summed E-state index contributed by atoms with van der Waals surface area (Å²) in [6, 6.07) is 9.96. The fourth-order valence-electron chi connectivity index (χ4n) is 3.24. The van der Waals surface area contributed by atoms with Crippen LogP contribution in [-0.2, 0) is 16.1 Å². The molecule has 6 nitrogen and oxygen atoms in total. The first-order chi connectivity index (χ1) is 11.6. The summed E-state index contributed by atoms with van der Waals surface area (Å²) < 4.78 is 5.47. The van der Waals surface area contributed by atoms with E-state index in [2.05, 4.69) is 0 Å². The summed E-state index contributed by atoms with van der Waals surface area (Å²) in [5.41, 5.74) is 0.982. The van der Waals surface area contributed by atoms with E-state index >= 15 is 0 Å². The van der Waals surface area contributed by atoms with Crippen molar-refractivity contribution >= 4 is 12.1 Å². The number of likely N-dealkylation sites (tertiary alicyclic amines) is 1. The Morgan fingerprint density at radius 1 is 1.21 bits per heavy atom. The van der Waals surface area contributed by atoms with Gasteiger partial charge in [0.15, 0.2) is 0 Å². The molecule has 2 aliphatic rings. The summed E-state index contributed by atoms with van der Waals surface area (Å²) in [5, 5.41) is 8.88. The van der Waals surface area contributed by atoms with Crippen molar-refractivity contribution in [2.45, 2.75) is 31.9 Å². The predicted molar refractivity (Wildman–Crippen MR) is 88.5 cm³/mol. The summed E-state index contributed by atoms with van der Waals surface area (Å²) in [4.78, 5) is 27.0. The Morgan fingerprint density at radius 3 is 2.62 bits per heavy atom. The molecule has 1 N–H and O–H groups in total. The molecule has 1 aliphatic carbocycles. The summed E-state index contributed by atoms with van der Waals surface area (Å²) in [6.45, 7) is 2.56. The first-order valence-corrected chi connectivity index (χ1v) is 8.53. The first-order valence-electron chi connectivity index (χ1n) is 8.53. The highest BCUT2D eigenvalue weighted by atomic mass is 16.6. The highest BCUT2D eigenvalue weighted by Gasteiger charge is 2.36. The number of benzene rings is 1. The van der Waals surface area contributed by atoms with Crippen LogP contribution in [0.2, 0.25) is 0 Å². The van der Waals surface area contributed by atoms with Gasteiger partial charge in [-0.1, -0.05) is 30.3 Å². The van der Waals surface area contributed by atoms with Crippen molar-refractivity contribution in [2.75, 3.05) is 26.2 Å². The maximum Gasteiger partial charge on any atom is 0.410 e. The third kappa shape index (κ3) is 4.71. The maximum absolute atomic E-state index is 12.4. The van der Waals surface area contributed by atoms with E-state index in [0.717, 1.165) is 37.9 Å². The van der Waals surface area contributed by atoms with Gasteiger partial charge >= 0.3 is 12.1 Å². The Labute approximate surface area is 142 Å². The molecule has 0 spiro atoms. The molecule has 24 heavy (non-hydrogen) atoms. The van der Waals surface area contributed by atoms with Crippen LogP contribution in [0, 0.1) is 5.92 Å². The summed E-state index contributed by atoms with van der Waals surface area (Å²) >= 11 is 0. The van der Waals surface area contributed by atoms with Gasteiger partial charge in [0.1, 0.15) is 6.61 Å². The van der Waals surface area contributed by atoms with Gasteiger partial charge < -0.3 is 14.7 Å². The fourth-order valence-corrected chi connectivity index (χ4v) is 3.24. The number of ether oxygens (including phenoxy) is 1. The Balaban J connectivity index is 1.49. The number of carboxylic acids is 1. The monoisotopic (exact) mass is 332 g/mol. The molecule has 0 radical (unpaired) electrons. The number of carbonyl (C=O) groups excluding carboxylic acids is 1. The van der Waals surface area contributed by atoms with Gasteiger partial charge in [0.05, 0.1) is 6.54 Å². The molecular weight excluding hydrogens is 308 g/mol. The van der Waals surface area contributed by atoms with E-state index in [1.54, 1.807) is 0 Å². The molecule has 130 valence electrons. The lowest BCUT2D eigenvalue weighted by molar-refractivity contribution is -0.138. The average molecular weight is 332 g/mol. The Kier molecular flexibility index (Phi) is 5.35. The van der Waals surface area contributed by atoms with Crippen LogP contribution in [0.25, 0.3) is 0 Å². The lowest BCUT2D eigenvalue weighted by Gasteiger charge is -2.25. The molecule has 2 fully saturated rings. The van der Waals surface area contributed by atoms with E-state index in [4.69, 9.17) is 9.84 Å². The second kappa shape index (κ2) is 7.66. The third-order valence-corrected chi connectivity index (χ3v) is 4.61. The predicted octanol–water partition coefficient (Wildman–Crippen LogP) is 2.19. The molecule has 6 heteroatoms. The van der Waals surface area contributed by atoms with Crippen molar-refractivity contribution in [3.63, 3.8) is 0 Å². The maximum atomic E-state index is 12.4. The van der Waals surface area contributed by atoms with Crippen molar-refractivity contribution < 1.29 is 19.4 Å². The van der Waals surface area contributed by atoms with E-state index in [1.165, 1.54) is 0 Å². The van der Waals surface area contributed by atoms with Gasteiger partial charge in [-0.25, -0.2) is 4.79 Å². The minimum Gasteiger partial charge on any atom is -0.480 e. The SMILES string of the molecule is O=C(O)CN1CC[C@H](CN(C(=O)OCc2ccccc2)C2CC2)C1. The van der Waals surface area contributed by atoms with E-state index in [1.807, 2.05) is 40.1 Å². The van der Waals surface area contributed by atoms with Crippen LogP contribution in [-0.4, -0.2) is 59.2 Å². The molecule has 1 saturated carbocycles. The number of amides is 1. The lowest BCUT2D eigenvalue weighted by atomic mass is 10.1. The second-order valence-corrected chi connectivity index (χ2v) is 6.71. The van der Waals surface area contributed by atoms with Crippen LogP contribution in [0.3, 0.4) is 0 Å². The van der Waals surface area contributed by atoms with Gasteiger partial charge in [-0.3, -0.25) is 9.69 Å². The minimum atomic E-state index is -0.794. The molecule has 1 atom stereocenters. The van der Waals surface area contributed by atoms with Crippen molar-refractivity contribution in [1.29, 1.82) is 0 Å². The zero-order valence-corrected chi connectivity index (χ0v) is 13.8. The summed E-state index contributed by atoms with van der Waals surface area (Å²) in [6.07, 6.45) is 2.75. The van der Waals surface area contributed by atoms with Gasteiger partial charge in [-0.15, -0.1) is 0 Å². The number of rotatable bonds is 7. The van der Waals surface area contributed by atoms with Crippen molar-refractivity contribution in [1.82, 2.24) is 9.80 Å². The third-order valence-electron chi connectivity index (χ3n) is 4.61. The number of nitrogens with zero attached hydrogens (tertiary/aromatic N) is 2. The van der Waals surface area contributed by atoms with Crippen molar-refractivity contribution in [2.24, 2.45) is 5.92 Å². The van der Waals surface area contributed by atoms with Gasteiger partial charge in [-0.2, -0.15) is 0 Å². The van der Waals surface area contributed by atoms with Crippen LogP contribution in [0.5, 0.6) is 0 Å². The van der Waals surface area contributed by atoms with E-state index in [-0.39, 0.29) is 12.6 Å². The standard InChI is InChI=1S/C18H24N2O4/c21-17(22)12-19-9-8-15(10-19)11-20(16-6-7-16)18(23)24-13-14-4-2-1-3-5-14/h1-5,15-16H,6-13H2,(H,21,22)/t15-/m0/s1. The van der Waals surface area contributed by atoms with Gasteiger partial charge in [0, 0.05) is 19.1 Å². The minimum absolute atomic E-state index is 0.0817. The van der Waals surface area contributed by atoms with Crippen LogP contribution in [0.4, 0.5) is 4.79 Å². The molecule has 1 aromatic rings. The van der Waals surface area contributed by atoms with Crippen LogP contribution in [0.1, 0.15) is 24.8 Å². The highest BCUT2D eigenvalue weighted by molar-refractivity contribution is 5.69. The Morgan fingerprint density at radius 2 is 1.96 bits per heavy atom. The summed E-state index contributed by atoms with van der Waals surface area (Å²) in [7, 11) is 0. The van der Waals surface area contributed by atoms with Gasteiger partial charge in [0.2, 0.25) is 0 Å². The molecule has 0 aromatic heterocycles. The molecule has 1 heterocycles. The number of aliphatic carboxylic acids is 1. The topological polar surface area (TPSA) is 70.1 Å². The summed E-state index contributed by atoms with van der Waals surface area (Å²) in [5.74, 6) is -0.466. The lowest BCUT2D eigenvalue weighted by Crippen LogP contribution is -2.38. The zero-order valence-electron chi connectivity index (χ0n) is 13.8. The molecular formula is C18H24N2O4. The molecule has 1 aromatic carbocycles. The Bertz CT molecular complexity index is 574. The number of hydrogen-bond donors (Lipinski definition) is 1. The number of hydrogen-bond acceptors (Lipinski definition) is 4. The molecule has 3 rings (SSSR count). The fraction of sp³-hybridized carbons (Fsp3) is 0.556. The van der Waals surface area contributed by atoms with Crippen molar-refractivity contribution in [3.05, 3.63) is 35.9 Å². The highest BCUT2D eigenvalue weighted by Crippen LogP contribution is 2.30. The average Bonchev–Trinajstić information content (AvgIpc) is 3.32. The number of carbonyl (C=O) groups is 2. The molecule has 1 aliphatic heterocycles. The first kappa shape index (κ1) is 16.8. The Hall–Kier alpha value is -2.08. The van der Waals surface area contributed by atoms with E-state index in [9.17, 15) is 9.59 Å². The largest absolute Gasteiger partial charge is 0.480 e. The normalized spacial score (nSPS) is 20.8. The van der Waals surface area contributed by atoms with Gasteiger partial charge in [-0.05, 0) is 37.3 Å². The quantitative estimate of drug-likeness (QED) is 0.829. The van der Waals surface area contributed by atoms with Crippen LogP contribution in [0.15, 0.2) is 30.3 Å². The van der Waals surface area contributed by atoms with Crippen molar-refractivity contribution in [3.8, 4) is 0 Å². The van der Waals surface area contributed by atoms with Gasteiger partial charge in [0.25, 0.3) is 0 Å². The smallest absolute Gasteiger partial charge is 0.410 e. The van der Waals surface area contributed by atoms with Crippen LogP contribution < -0.4 is 0 Å². The molecule has 1 saturated heterocycles. The second-order valence-electron chi connectivity index (χ2n) is 6.71.